The number of ether oxygens (including phenoxy) is 2. The fourth-order valence-corrected chi connectivity index (χ4v) is 3.35. The van der Waals surface area contributed by atoms with Crippen molar-refractivity contribution in [3.05, 3.63) is 42.1 Å². The van der Waals surface area contributed by atoms with Crippen LogP contribution < -0.4 is 10.2 Å². The second kappa shape index (κ2) is 11.3. The first-order valence-electron chi connectivity index (χ1n) is 10.1. The standard InChI is InChI=1S/C20H24N4O4.C2H6/c1-27-18(26)16-5-3-15(4-6-16)17-7-10-22-19(23-17)24-11-8-20(28-2,9-12-24)13-21-14-25;1-2/h3-7,10,14H,8-9,11-13H2,1-2H3,(H,21,25);1-2H3. The molecule has 1 aromatic heterocycles. The Kier molecular flexibility index (Phi) is 8.73. The fourth-order valence-electron chi connectivity index (χ4n) is 3.35. The van der Waals surface area contributed by atoms with E-state index in [0.29, 0.717) is 24.5 Å². The van der Waals surface area contributed by atoms with E-state index in [1.54, 1.807) is 25.4 Å². The Labute approximate surface area is 177 Å². The summed E-state index contributed by atoms with van der Waals surface area (Å²) in [5.74, 6) is 0.288. The lowest BCUT2D eigenvalue weighted by molar-refractivity contribution is -0.111. The molecule has 0 spiro atoms. The lowest BCUT2D eigenvalue weighted by Crippen LogP contribution is -2.51. The summed E-state index contributed by atoms with van der Waals surface area (Å²) in [6.45, 7) is 5.96. The van der Waals surface area contributed by atoms with Gasteiger partial charge in [0.1, 0.15) is 0 Å². The molecule has 0 atom stereocenters. The third-order valence-electron chi connectivity index (χ3n) is 5.14. The summed E-state index contributed by atoms with van der Waals surface area (Å²) in [5.41, 5.74) is 1.83. The summed E-state index contributed by atoms with van der Waals surface area (Å²) >= 11 is 0. The molecule has 2 heterocycles. The van der Waals surface area contributed by atoms with Gasteiger partial charge in [0.05, 0.1) is 24.0 Å². The van der Waals surface area contributed by atoms with E-state index in [1.807, 2.05) is 32.0 Å². The van der Waals surface area contributed by atoms with Crippen LogP contribution in [0.25, 0.3) is 11.3 Å². The first-order chi connectivity index (χ1) is 14.6. The normalized spacial score (nSPS) is 14.9. The van der Waals surface area contributed by atoms with E-state index < -0.39 is 0 Å². The highest BCUT2D eigenvalue weighted by molar-refractivity contribution is 5.89. The molecule has 1 aliphatic heterocycles. The van der Waals surface area contributed by atoms with Gasteiger partial charge in [-0.15, -0.1) is 0 Å². The zero-order valence-corrected chi connectivity index (χ0v) is 18.1. The molecule has 162 valence electrons. The third kappa shape index (κ3) is 5.54. The average Bonchev–Trinajstić information content (AvgIpc) is 2.84. The van der Waals surface area contributed by atoms with Crippen molar-refractivity contribution in [2.75, 3.05) is 38.8 Å². The number of aromatic nitrogens is 2. The maximum Gasteiger partial charge on any atom is 0.337 e. The molecule has 0 unspecified atom stereocenters. The van der Waals surface area contributed by atoms with Crippen LogP contribution in [0, 0.1) is 0 Å². The molecule has 8 heteroatoms. The molecule has 2 aromatic rings. The molecule has 0 aliphatic carbocycles. The molecule has 1 amide bonds. The second-order valence-corrected chi connectivity index (χ2v) is 6.68. The van der Waals surface area contributed by atoms with E-state index in [1.165, 1.54) is 7.11 Å². The topological polar surface area (TPSA) is 93.7 Å². The molecule has 1 fully saturated rings. The van der Waals surface area contributed by atoms with Crippen LogP contribution in [-0.4, -0.2) is 61.8 Å². The molecular formula is C22H30N4O4. The van der Waals surface area contributed by atoms with Gasteiger partial charge < -0.3 is 19.7 Å². The van der Waals surface area contributed by atoms with Crippen molar-refractivity contribution in [3.63, 3.8) is 0 Å². The average molecular weight is 415 g/mol. The number of hydrogen-bond acceptors (Lipinski definition) is 7. The van der Waals surface area contributed by atoms with Crippen molar-refractivity contribution in [1.82, 2.24) is 15.3 Å². The molecule has 0 saturated carbocycles. The minimum atomic E-state index is -0.367. The Bertz CT molecular complexity index is 818. The van der Waals surface area contributed by atoms with Gasteiger partial charge in [0.2, 0.25) is 12.4 Å². The van der Waals surface area contributed by atoms with Crippen molar-refractivity contribution < 1.29 is 19.1 Å². The minimum Gasteiger partial charge on any atom is -0.465 e. The summed E-state index contributed by atoms with van der Waals surface area (Å²) in [5, 5.41) is 2.72. The number of anilines is 1. The monoisotopic (exact) mass is 414 g/mol. The molecule has 0 radical (unpaired) electrons. The predicted octanol–water partition coefficient (Wildman–Crippen LogP) is 2.69. The van der Waals surface area contributed by atoms with Gasteiger partial charge >= 0.3 is 5.97 Å². The third-order valence-corrected chi connectivity index (χ3v) is 5.14. The Morgan fingerprint density at radius 2 is 1.83 bits per heavy atom. The van der Waals surface area contributed by atoms with Crippen LogP contribution >= 0.6 is 0 Å². The van der Waals surface area contributed by atoms with Crippen molar-refractivity contribution in [2.24, 2.45) is 0 Å². The number of piperidine rings is 1. The maximum atomic E-state index is 11.6. The summed E-state index contributed by atoms with van der Waals surface area (Å²) < 4.78 is 10.4. The van der Waals surface area contributed by atoms with Gasteiger partial charge in [-0.3, -0.25) is 4.79 Å². The first kappa shape index (κ1) is 23.3. The van der Waals surface area contributed by atoms with Gasteiger partial charge in [-0.2, -0.15) is 0 Å². The van der Waals surface area contributed by atoms with Crippen molar-refractivity contribution in [3.8, 4) is 11.3 Å². The van der Waals surface area contributed by atoms with Gasteiger partial charge in [0, 0.05) is 38.5 Å². The van der Waals surface area contributed by atoms with Gasteiger partial charge in [-0.1, -0.05) is 26.0 Å². The van der Waals surface area contributed by atoms with E-state index in [0.717, 1.165) is 37.2 Å². The van der Waals surface area contributed by atoms with Gasteiger partial charge in [-0.05, 0) is 31.0 Å². The van der Waals surface area contributed by atoms with E-state index in [2.05, 4.69) is 20.2 Å². The van der Waals surface area contributed by atoms with Crippen LogP contribution in [0.4, 0.5) is 5.95 Å². The highest BCUT2D eigenvalue weighted by atomic mass is 16.5. The maximum absolute atomic E-state index is 11.6. The molecule has 8 nitrogen and oxygen atoms in total. The highest BCUT2D eigenvalue weighted by Gasteiger charge is 2.35. The lowest BCUT2D eigenvalue weighted by atomic mass is 9.91. The molecule has 30 heavy (non-hydrogen) atoms. The minimum absolute atomic E-state index is 0.348. The molecule has 1 N–H and O–H groups in total. The zero-order chi connectivity index (χ0) is 22.0. The summed E-state index contributed by atoms with van der Waals surface area (Å²) in [6, 6.07) is 8.97. The number of hydrogen-bond donors (Lipinski definition) is 1. The van der Waals surface area contributed by atoms with Crippen LogP contribution in [-0.2, 0) is 14.3 Å². The first-order valence-corrected chi connectivity index (χ1v) is 10.1. The quantitative estimate of drug-likeness (QED) is 0.550. The molecule has 3 rings (SSSR count). The molecule has 1 aromatic carbocycles. The lowest BCUT2D eigenvalue weighted by Gasteiger charge is -2.40. The van der Waals surface area contributed by atoms with Crippen LogP contribution in [0.1, 0.15) is 37.0 Å². The highest BCUT2D eigenvalue weighted by Crippen LogP contribution is 2.28. The smallest absolute Gasteiger partial charge is 0.337 e. The van der Waals surface area contributed by atoms with Crippen LogP contribution in [0.2, 0.25) is 0 Å². The molecule has 1 aliphatic rings. The number of esters is 1. The largest absolute Gasteiger partial charge is 0.465 e. The number of carbonyl (C=O) groups excluding carboxylic acids is 2. The van der Waals surface area contributed by atoms with E-state index in [-0.39, 0.29) is 11.6 Å². The van der Waals surface area contributed by atoms with E-state index in [9.17, 15) is 9.59 Å². The van der Waals surface area contributed by atoms with Gasteiger partial charge in [0.15, 0.2) is 0 Å². The Morgan fingerprint density at radius 3 is 2.40 bits per heavy atom. The summed E-state index contributed by atoms with van der Waals surface area (Å²) in [6.07, 6.45) is 3.97. The Hall–Kier alpha value is -3.00. The van der Waals surface area contributed by atoms with Crippen LogP contribution in [0.3, 0.4) is 0 Å². The number of amides is 1. The Balaban J connectivity index is 0.00000155. The van der Waals surface area contributed by atoms with Crippen molar-refractivity contribution in [2.45, 2.75) is 32.3 Å². The molecule has 1 saturated heterocycles. The molecular weight excluding hydrogens is 384 g/mol. The van der Waals surface area contributed by atoms with Gasteiger partial charge in [0.25, 0.3) is 0 Å². The van der Waals surface area contributed by atoms with Crippen molar-refractivity contribution in [1.29, 1.82) is 0 Å². The Morgan fingerprint density at radius 1 is 1.17 bits per heavy atom. The number of rotatable bonds is 7. The number of methoxy groups -OCH3 is 2. The van der Waals surface area contributed by atoms with Crippen LogP contribution in [0.15, 0.2) is 36.5 Å². The number of benzene rings is 1. The number of nitrogens with zero attached hydrogens (tertiary/aromatic N) is 3. The van der Waals surface area contributed by atoms with Crippen LogP contribution in [0.5, 0.6) is 0 Å². The SMILES string of the molecule is CC.COC(=O)c1ccc(-c2ccnc(N3CCC(CNC=O)(OC)CC3)n2)cc1. The summed E-state index contributed by atoms with van der Waals surface area (Å²) in [7, 11) is 3.04. The predicted molar refractivity (Wildman–Crippen MR) is 115 cm³/mol. The van der Waals surface area contributed by atoms with Crippen molar-refractivity contribution >= 4 is 18.3 Å². The molecule has 0 bridgehead atoms. The zero-order valence-electron chi connectivity index (χ0n) is 18.1. The fraction of sp³-hybridized carbons (Fsp3) is 0.455. The number of carbonyl (C=O) groups is 2. The van der Waals surface area contributed by atoms with Gasteiger partial charge in [-0.25, -0.2) is 14.8 Å². The second-order valence-electron chi connectivity index (χ2n) is 6.68. The van der Waals surface area contributed by atoms with E-state index >= 15 is 0 Å². The summed E-state index contributed by atoms with van der Waals surface area (Å²) in [4.78, 5) is 33.4. The van der Waals surface area contributed by atoms with E-state index in [4.69, 9.17) is 9.47 Å². The number of nitrogens with one attached hydrogen (secondary N) is 1.